The minimum Gasteiger partial charge on any atom is -0.355 e. The van der Waals surface area contributed by atoms with Gasteiger partial charge in [0.25, 0.3) is 0 Å². The van der Waals surface area contributed by atoms with E-state index in [-0.39, 0.29) is 5.41 Å². The molecule has 20 heavy (non-hydrogen) atoms. The Morgan fingerprint density at radius 2 is 2.15 bits per heavy atom. The molecule has 0 aromatic heterocycles. The van der Waals surface area contributed by atoms with Crippen LogP contribution in [-0.4, -0.2) is 37.5 Å². The maximum Gasteiger partial charge on any atom is 0.193 e. The van der Waals surface area contributed by atoms with Gasteiger partial charge in [-0.05, 0) is 30.5 Å². The molecule has 3 rings (SSSR count). The van der Waals surface area contributed by atoms with Crippen molar-refractivity contribution in [1.82, 2.24) is 10.2 Å². The van der Waals surface area contributed by atoms with Gasteiger partial charge in [-0.1, -0.05) is 35.7 Å². The number of nitrogens with zero attached hydrogens (tertiary/aromatic N) is 2. The molecular weight excluding hydrogens is 293 g/mol. The fourth-order valence-electron chi connectivity index (χ4n) is 3.04. The van der Waals surface area contributed by atoms with Crippen molar-refractivity contribution in [2.45, 2.75) is 24.7 Å². The number of halogens is 2. The second-order valence-corrected chi connectivity index (χ2v) is 6.58. The van der Waals surface area contributed by atoms with E-state index in [1.54, 1.807) is 0 Å². The Balaban J connectivity index is 1.77. The van der Waals surface area contributed by atoms with Crippen LogP contribution in [0.25, 0.3) is 0 Å². The second-order valence-electron chi connectivity index (χ2n) is 5.74. The molecule has 1 heterocycles. The van der Waals surface area contributed by atoms with Crippen LogP contribution < -0.4 is 5.32 Å². The quantitative estimate of drug-likeness (QED) is 0.927. The van der Waals surface area contributed by atoms with E-state index in [4.69, 9.17) is 23.2 Å². The first-order valence-electron chi connectivity index (χ1n) is 7.06. The predicted octanol–water partition coefficient (Wildman–Crippen LogP) is 3.31. The van der Waals surface area contributed by atoms with Crippen molar-refractivity contribution in [2.24, 2.45) is 4.99 Å². The van der Waals surface area contributed by atoms with E-state index in [1.165, 1.54) is 24.8 Å². The van der Waals surface area contributed by atoms with Crippen molar-refractivity contribution >= 4 is 29.2 Å². The summed E-state index contributed by atoms with van der Waals surface area (Å²) in [4.78, 5) is 6.65. The number of hydrogen-bond acceptors (Lipinski definition) is 3. The van der Waals surface area contributed by atoms with Gasteiger partial charge in [0.15, 0.2) is 5.96 Å². The molecule has 0 saturated heterocycles. The van der Waals surface area contributed by atoms with E-state index in [0.29, 0.717) is 5.02 Å². The Morgan fingerprint density at radius 1 is 1.35 bits per heavy atom. The minimum absolute atomic E-state index is 0.133. The molecule has 0 unspecified atom stereocenters. The van der Waals surface area contributed by atoms with Gasteiger partial charge in [-0.2, -0.15) is 0 Å². The number of likely N-dealkylation sites (N-methyl/N-ethyl adjacent to an activating group) is 1. The second kappa shape index (κ2) is 5.45. The first kappa shape index (κ1) is 14.0. The van der Waals surface area contributed by atoms with Crippen molar-refractivity contribution in [1.29, 1.82) is 0 Å². The molecule has 1 saturated carbocycles. The lowest BCUT2D eigenvalue weighted by Crippen LogP contribution is -2.48. The van der Waals surface area contributed by atoms with Gasteiger partial charge in [-0.15, -0.1) is 0 Å². The zero-order chi connectivity index (χ0) is 14.2. The Hall–Kier alpha value is -0.930. The van der Waals surface area contributed by atoms with Crippen LogP contribution in [-0.2, 0) is 5.41 Å². The molecule has 5 heteroatoms. The minimum atomic E-state index is 0.133. The number of hydrogen-bond donors (Lipinski definition) is 1. The van der Waals surface area contributed by atoms with Crippen LogP contribution in [0.3, 0.4) is 0 Å². The Bertz CT molecular complexity index is 538. The van der Waals surface area contributed by atoms with Gasteiger partial charge in [0, 0.05) is 35.6 Å². The van der Waals surface area contributed by atoms with Crippen molar-refractivity contribution in [3.05, 3.63) is 33.8 Å². The molecule has 0 bridgehead atoms. The van der Waals surface area contributed by atoms with Crippen LogP contribution >= 0.6 is 23.2 Å². The standard InChI is InChI=1S/C15H19Cl2N3/c1-20-8-7-18-14(20)19-10-15(5-2-6-15)12-4-3-11(16)9-13(12)17/h3-4,9H,2,5-8,10H2,1H3,(H,18,19). The van der Waals surface area contributed by atoms with Gasteiger partial charge in [0.05, 0.1) is 6.54 Å². The summed E-state index contributed by atoms with van der Waals surface area (Å²) in [6.45, 7) is 2.77. The van der Waals surface area contributed by atoms with Crippen molar-refractivity contribution in [3.63, 3.8) is 0 Å². The Kier molecular flexibility index (Phi) is 3.83. The summed E-state index contributed by atoms with van der Waals surface area (Å²) >= 11 is 12.4. The number of guanidine groups is 1. The van der Waals surface area contributed by atoms with E-state index in [0.717, 1.165) is 30.6 Å². The smallest absolute Gasteiger partial charge is 0.193 e. The van der Waals surface area contributed by atoms with E-state index < -0.39 is 0 Å². The van der Waals surface area contributed by atoms with Crippen LogP contribution in [0.5, 0.6) is 0 Å². The number of aliphatic imine (C=N–C) groups is 1. The SMILES string of the molecule is CN1CCN=C1NCC1(c2ccc(Cl)cc2Cl)CCC1. The average molecular weight is 312 g/mol. The molecule has 0 atom stereocenters. The van der Waals surface area contributed by atoms with Crippen molar-refractivity contribution in [2.75, 3.05) is 26.7 Å². The predicted molar refractivity (Wildman–Crippen MR) is 84.9 cm³/mol. The molecule has 0 spiro atoms. The summed E-state index contributed by atoms with van der Waals surface area (Å²) in [5.41, 5.74) is 1.34. The van der Waals surface area contributed by atoms with E-state index in [1.807, 2.05) is 12.1 Å². The Labute approximate surface area is 130 Å². The van der Waals surface area contributed by atoms with Crippen molar-refractivity contribution < 1.29 is 0 Å². The molecule has 1 aliphatic carbocycles. The third-order valence-electron chi connectivity index (χ3n) is 4.46. The van der Waals surface area contributed by atoms with E-state index in [2.05, 4.69) is 28.3 Å². The third kappa shape index (κ3) is 2.49. The lowest BCUT2D eigenvalue weighted by Gasteiger charge is -2.43. The largest absolute Gasteiger partial charge is 0.355 e. The summed E-state index contributed by atoms with van der Waals surface area (Å²) in [5.74, 6) is 1.00. The third-order valence-corrected chi connectivity index (χ3v) is 5.00. The zero-order valence-corrected chi connectivity index (χ0v) is 13.1. The maximum atomic E-state index is 6.40. The van der Waals surface area contributed by atoms with Crippen LogP contribution in [0.2, 0.25) is 10.0 Å². The summed E-state index contributed by atoms with van der Waals surface area (Å²) in [5, 5.41) is 4.97. The van der Waals surface area contributed by atoms with Gasteiger partial charge >= 0.3 is 0 Å². The molecule has 0 amide bonds. The number of benzene rings is 1. The molecule has 108 valence electrons. The molecule has 3 nitrogen and oxygen atoms in total. The highest BCUT2D eigenvalue weighted by atomic mass is 35.5. The monoisotopic (exact) mass is 311 g/mol. The van der Waals surface area contributed by atoms with E-state index in [9.17, 15) is 0 Å². The van der Waals surface area contributed by atoms with Crippen LogP contribution in [0, 0.1) is 0 Å². The van der Waals surface area contributed by atoms with E-state index >= 15 is 0 Å². The topological polar surface area (TPSA) is 27.6 Å². The Morgan fingerprint density at radius 3 is 2.70 bits per heavy atom. The zero-order valence-electron chi connectivity index (χ0n) is 11.6. The molecule has 2 aliphatic rings. The normalized spacial score (nSPS) is 20.6. The van der Waals surface area contributed by atoms with Gasteiger partial charge in [0.1, 0.15) is 0 Å². The van der Waals surface area contributed by atoms with Gasteiger partial charge < -0.3 is 10.2 Å². The highest BCUT2D eigenvalue weighted by Crippen LogP contribution is 2.46. The fourth-order valence-corrected chi connectivity index (χ4v) is 3.65. The van der Waals surface area contributed by atoms with Crippen LogP contribution in [0.4, 0.5) is 0 Å². The van der Waals surface area contributed by atoms with Gasteiger partial charge in [-0.3, -0.25) is 4.99 Å². The highest BCUT2D eigenvalue weighted by Gasteiger charge is 2.40. The summed E-state index contributed by atoms with van der Waals surface area (Å²) in [7, 11) is 2.07. The fraction of sp³-hybridized carbons (Fsp3) is 0.533. The molecule has 1 aliphatic heterocycles. The van der Waals surface area contributed by atoms with Gasteiger partial charge in [0.2, 0.25) is 0 Å². The molecule has 0 radical (unpaired) electrons. The number of rotatable bonds is 3. The molecule has 1 aromatic carbocycles. The molecule has 1 N–H and O–H groups in total. The molecular formula is C15H19Cl2N3. The average Bonchev–Trinajstić information content (AvgIpc) is 2.76. The molecule has 1 fully saturated rings. The first-order chi connectivity index (χ1) is 9.61. The maximum absolute atomic E-state index is 6.40. The lowest BCUT2D eigenvalue weighted by atomic mass is 9.64. The summed E-state index contributed by atoms with van der Waals surface area (Å²) in [6, 6.07) is 5.85. The lowest BCUT2D eigenvalue weighted by molar-refractivity contribution is 0.242. The summed E-state index contributed by atoms with van der Waals surface area (Å²) in [6.07, 6.45) is 3.58. The number of nitrogens with one attached hydrogen (secondary N) is 1. The first-order valence-corrected chi connectivity index (χ1v) is 7.81. The van der Waals surface area contributed by atoms with Crippen LogP contribution in [0.15, 0.2) is 23.2 Å². The van der Waals surface area contributed by atoms with Crippen molar-refractivity contribution in [3.8, 4) is 0 Å². The highest BCUT2D eigenvalue weighted by molar-refractivity contribution is 6.35. The van der Waals surface area contributed by atoms with Crippen LogP contribution in [0.1, 0.15) is 24.8 Å². The van der Waals surface area contributed by atoms with Gasteiger partial charge in [-0.25, -0.2) is 0 Å². The molecule has 1 aromatic rings. The summed E-state index contributed by atoms with van der Waals surface area (Å²) < 4.78 is 0.